The second kappa shape index (κ2) is 12.8. The molecule has 3 saturated carbocycles. The van der Waals surface area contributed by atoms with Crippen molar-refractivity contribution < 1.29 is 19.4 Å². The number of hydrogen-bond donors (Lipinski definition) is 2. The molecule has 0 spiro atoms. The third-order valence-corrected chi connectivity index (χ3v) is 14.1. The molecule has 1 heterocycles. The highest BCUT2D eigenvalue weighted by atomic mass is 32.2. The summed E-state index contributed by atoms with van der Waals surface area (Å²) in [5.41, 5.74) is -1.46. The molecule has 2 N–H and O–H groups in total. The standard InChI is InChI=1S/C34H50N2O6S2/c1-7-32(4)17-24(33(5)20(2)10-12-34(21(3)31(32)41)13-11-23(37)30(33)34)42-25(38)19-44-22-9-8-15-36(18-22)27-26(28(39)29(27)40)35-14-16-43-6/h7,20-22,24,30-31,35,41H,1,8-19H2,2-6H3/t20-,21+,22?,24-,30+,31+,32-,33+,34+/m1/s1. The molecule has 9 atom stereocenters. The Morgan fingerprint density at radius 1 is 1.18 bits per heavy atom. The lowest BCUT2D eigenvalue weighted by molar-refractivity contribution is -0.205. The van der Waals surface area contributed by atoms with Crippen molar-refractivity contribution >= 4 is 46.7 Å². The van der Waals surface area contributed by atoms with Gasteiger partial charge in [0.2, 0.25) is 0 Å². The van der Waals surface area contributed by atoms with Gasteiger partial charge in [0.05, 0.1) is 11.9 Å². The number of aliphatic hydroxyl groups excluding tert-OH is 1. The zero-order valence-electron chi connectivity index (χ0n) is 27.0. The van der Waals surface area contributed by atoms with Crippen LogP contribution in [-0.2, 0) is 14.3 Å². The number of esters is 1. The maximum atomic E-state index is 13.6. The number of ketones is 1. The summed E-state index contributed by atoms with van der Waals surface area (Å²) in [6, 6.07) is 0. The Morgan fingerprint density at radius 2 is 1.93 bits per heavy atom. The average molecular weight is 647 g/mol. The van der Waals surface area contributed by atoms with Crippen molar-refractivity contribution in [1.29, 1.82) is 0 Å². The summed E-state index contributed by atoms with van der Waals surface area (Å²) in [6.45, 7) is 14.5. The molecule has 8 nitrogen and oxygen atoms in total. The van der Waals surface area contributed by atoms with E-state index in [1.54, 1.807) is 11.8 Å². The van der Waals surface area contributed by atoms with E-state index in [-0.39, 0.29) is 45.9 Å². The van der Waals surface area contributed by atoms with E-state index in [1.165, 1.54) is 11.8 Å². The highest BCUT2D eigenvalue weighted by molar-refractivity contribution is 8.00. The van der Waals surface area contributed by atoms with E-state index in [4.69, 9.17) is 4.74 Å². The fraction of sp³-hybridized carbons (Fsp3) is 0.765. The summed E-state index contributed by atoms with van der Waals surface area (Å²) < 4.78 is 6.42. The Morgan fingerprint density at radius 3 is 2.64 bits per heavy atom. The molecule has 10 heteroatoms. The van der Waals surface area contributed by atoms with Crippen LogP contribution < -0.4 is 21.1 Å². The van der Waals surface area contributed by atoms with Gasteiger partial charge in [-0.05, 0) is 62.0 Å². The molecule has 1 saturated heterocycles. The summed E-state index contributed by atoms with van der Waals surface area (Å²) in [5, 5.41) is 15.0. The molecule has 44 heavy (non-hydrogen) atoms. The van der Waals surface area contributed by atoms with Crippen molar-refractivity contribution in [2.24, 2.45) is 34.0 Å². The molecule has 0 aromatic heterocycles. The summed E-state index contributed by atoms with van der Waals surface area (Å²) in [6.07, 6.45) is 7.95. The monoisotopic (exact) mass is 646 g/mol. The van der Waals surface area contributed by atoms with Crippen LogP contribution in [0.4, 0.5) is 11.4 Å². The number of carbonyl (C=O) groups excluding carboxylic acids is 2. The van der Waals surface area contributed by atoms with E-state index in [0.717, 1.165) is 37.9 Å². The molecule has 1 aromatic carbocycles. The SMILES string of the molecule is C=C[C@]1(C)C[C@@H](OC(=O)CSC2CCCN(c3c(NCCSC)c(=O)c3=O)C2)[C@]2(C)[C@H](C)CC[C@]3(CCC(=O)[C@H]32)[C@@H](C)[C@@H]1O. The predicted molar refractivity (Wildman–Crippen MR) is 181 cm³/mol. The van der Waals surface area contributed by atoms with Crippen molar-refractivity contribution in [2.45, 2.75) is 90.1 Å². The normalized spacial score (nSPS) is 39.0. The van der Waals surface area contributed by atoms with Crippen molar-refractivity contribution in [3.8, 4) is 0 Å². The van der Waals surface area contributed by atoms with Gasteiger partial charge >= 0.3 is 5.97 Å². The van der Waals surface area contributed by atoms with E-state index in [0.29, 0.717) is 43.9 Å². The van der Waals surface area contributed by atoms with Crippen LogP contribution >= 0.6 is 23.5 Å². The van der Waals surface area contributed by atoms with E-state index >= 15 is 0 Å². The van der Waals surface area contributed by atoms with Crippen LogP contribution in [0.25, 0.3) is 0 Å². The number of anilines is 2. The number of Topliss-reactive ketones (excluding diaryl/α,β-unsaturated/α-hetero) is 1. The minimum absolute atomic E-state index is 0.0653. The molecule has 3 aliphatic carbocycles. The Hall–Kier alpha value is -1.78. The molecule has 0 radical (unpaired) electrons. The average Bonchev–Trinajstić information content (AvgIpc) is 3.37. The lowest BCUT2D eigenvalue weighted by atomic mass is 9.44. The van der Waals surface area contributed by atoms with E-state index in [2.05, 4.69) is 32.7 Å². The number of piperidine rings is 1. The number of aliphatic hydroxyl groups is 1. The minimum Gasteiger partial charge on any atom is -0.461 e. The maximum Gasteiger partial charge on any atom is 0.316 e. The van der Waals surface area contributed by atoms with Gasteiger partial charge in [0.1, 0.15) is 23.3 Å². The summed E-state index contributed by atoms with van der Waals surface area (Å²) in [4.78, 5) is 54.0. The third-order valence-electron chi connectivity index (χ3n) is 12.2. The first-order valence-electron chi connectivity index (χ1n) is 16.3. The predicted octanol–water partition coefficient (Wildman–Crippen LogP) is 4.67. The van der Waals surface area contributed by atoms with Gasteiger partial charge in [-0.2, -0.15) is 11.8 Å². The molecular formula is C34H50N2O6S2. The fourth-order valence-corrected chi connectivity index (χ4v) is 10.6. The number of rotatable bonds is 10. The molecule has 4 fully saturated rings. The van der Waals surface area contributed by atoms with E-state index < -0.39 is 33.9 Å². The number of carbonyl (C=O) groups is 2. The quantitative estimate of drug-likeness (QED) is 0.161. The number of hydrogen-bond acceptors (Lipinski definition) is 10. The van der Waals surface area contributed by atoms with Gasteiger partial charge in [0.25, 0.3) is 10.9 Å². The topological polar surface area (TPSA) is 113 Å². The van der Waals surface area contributed by atoms with Crippen LogP contribution in [0.1, 0.15) is 72.6 Å². The zero-order valence-corrected chi connectivity index (χ0v) is 28.6. The molecule has 0 amide bonds. The largest absolute Gasteiger partial charge is 0.461 e. The second-order valence-corrected chi connectivity index (χ2v) is 16.7. The van der Waals surface area contributed by atoms with Gasteiger partial charge in [0.15, 0.2) is 0 Å². The summed E-state index contributed by atoms with van der Waals surface area (Å²) >= 11 is 3.21. The molecule has 1 aromatic rings. The first-order chi connectivity index (χ1) is 20.8. The number of nitrogens with one attached hydrogen (secondary N) is 1. The van der Waals surface area contributed by atoms with Gasteiger partial charge in [0, 0.05) is 53.8 Å². The molecule has 5 rings (SSSR count). The fourth-order valence-electron chi connectivity index (χ4n) is 9.28. The first kappa shape index (κ1) is 33.6. The van der Waals surface area contributed by atoms with Gasteiger partial charge < -0.3 is 20.1 Å². The molecule has 4 aliphatic rings. The third kappa shape index (κ3) is 5.48. The first-order valence-corrected chi connectivity index (χ1v) is 18.7. The second-order valence-electron chi connectivity index (χ2n) is 14.4. The summed E-state index contributed by atoms with van der Waals surface area (Å²) in [7, 11) is 0. The molecule has 244 valence electrons. The van der Waals surface area contributed by atoms with Crippen LogP contribution in [0.5, 0.6) is 0 Å². The van der Waals surface area contributed by atoms with Gasteiger partial charge in [-0.3, -0.25) is 19.2 Å². The number of nitrogens with zero attached hydrogens (tertiary/aromatic N) is 1. The van der Waals surface area contributed by atoms with Gasteiger partial charge in [-0.25, -0.2) is 0 Å². The highest BCUT2D eigenvalue weighted by Gasteiger charge is 2.68. The van der Waals surface area contributed by atoms with Crippen LogP contribution in [0, 0.1) is 34.0 Å². The molecular weight excluding hydrogens is 597 g/mol. The van der Waals surface area contributed by atoms with Crippen LogP contribution in [0.3, 0.4) is 0 Å². The zero-order chi connectivity index (χ0) is 32.0. The molecule has 1 unspecified atom stereocenters. The number of ether oxygens (including phenoxy) is 1. The summed E-state index contributed by atoms with van der Waals surface area (Å²) in [5.74, 6) is 0.823. The lowest BCUT2D eigenvalue weighted by Gasteiger charge is -2.61. The highest BCUT2D eigenvalue weighted by Crippen LogP contribution is 2.68. The molecule has 1 aliphatic heterocycles. The Kier molecular flexibility index (Phi) is 9.76. The van der Waals surface area contributed by atoms with Crippen molar-refractivity contribution in [1.82, 2.24) is 0 Å². The maximum absolute atomic E-state index is 13.6. The van der Waals surface area contributed by atoms with E-state index in [9.17, 15) is 24.3 Å². The van der Waals surface area contributed by atoms with Gasteiger partial charge in [-0.1, -0.05) is 33.8 Å². The lowest BCUT2D eigenvalue weighted by Crippen LogP contribution is -2.63. The van der Waals surface area contributed by atoms with Crippen molar-refractivity contribution in [3.05, 3.63) is 33.1 Å². The molecule has 2 bridgehead atoms. The van der Waals surface area contributed by atoms with Crippen LogP contribution in [0.2, 0.25) is 0 Å². The minimum atomic E-state index is -0.689. The van der Waals surface area contributed by atoms with Crippen molar-refractivity contribution in [3.63, 3.8) is 0 Å². The Bertz CT molecular complexity index is 1340. The Balaban J connectivity index is 1.31. The van der Waals surface area contributed by atoms with Crippen LogP contribution in [-0.4, -0.2) is 71.7 Å². The van der Waals surface area contributed by atoms with Gasteiger partial charge in [-0.15, -0.1) is 18.3 Å². The Labute approximate surface area is 270 Å². The van der Waals surface area contributed by atoms with Crippen molar-refractivity contribution in [2.75, 3.05) is 47.6 Å². The van der Waals surface area contributed by atoms with Crippen LogP contribution in [0.15, 0.2) is 22.2 Å². The van der Waals surface area contributed by atoms with E-state index in [1.807, 2.05) is 24.2 Å². The number of thioether (sulfide) groups is 2. The smallest absolute Gasteiger partial charge is 0.316 e.